The van der Waals surface area contributed by atoms with Crippen LogP contribution in [0.4, 0.5) is 4.79 Å². The summed E-state index contributed by atoms with van der Waals surface area (Å²) in [5.74, 6) is -0.136. The molecule has 0 aliphatic heterocycles. The average molecular weight is 292 g/mol. The van der Waals surface area contributed by atoms with Crippen molar-refractivity contribution in [1.29, 1.82) is 0 Å². The van der Waals surface area contributed by atoms with Crippen molar-refractivity contribution in [3.8, 4) is 5.75 Å². The molecule has 0 heterocycles. The van der Waals surface area contributed by atoms with Crippen molar-refractivity contribution < 1.29 is 19.4 Å². The van der Waals surface area contributed by atoms with Crippen molar-refractivity contribution >= 4 is 12.0 Å². The number of carboxylic acids is 1. The Morgan fingerprint density at radius 3 is 2.52 bits per heavy atom. The van der Waals surface area contributed by atoms with E-state index in [2.05, 4.69) is 10.6 Å². The van der Waals surface area contributed by atoms with E-state index in [4.69, 9.17) is 9.84 Å². The van der Waals surface area contributed by atoms with Crippen molar-refractivity contribution in [2.24, 2.45) is 0 Å². The summed E-state index contributed by atoms with van der Waals surface area (Å²) >= 11 is 0. The molecule has 114 valence electrons. The topological polar surface area (TPSA) is 87.7 Å². The second-order valence-corrected chi connectivity index (χ2v) is 5.25. The van der Waals surface area contributed by atoms with Crippen molar-refractivity contribution in [1.82, 2.24) is 10.6 Å². The van der Waals surface area contributed by atoms with Crippen LogP contribution in [0.1, 0.15) is 25.7 Å². The monoisotopic (exact) mass is 292 g/mol. The predicted octanol–water partition coefficient (Wildman–Crippen LogP) is 1.76. The molecule has 0 atom stereocenters. The maximum atomic E-state index is 11.8. The van der Waals surface area contributed by atoms with Crippen LogP contribution >= 0.6 is 0 Å². The van der Waals surface area contributed by atoms with E-state index in [1.807, 2.05) is 30.3 Å². The molecule has 0 bridgehead atoms. The highest BCUT2D eigenvalue weighted by Crippen LogP contribution is 2.34. The first-order valence-electron chi connectivity index (χ1n) is 7.05. The average Bonchev–Trinajstić information content (AvgIpc) is 2.42. The van der Waals surface area contributed by atoms with Gasteiger partial charge in [0.1, 0.15) is 12.4 Å². The van der Waals surface area contributed by atoms with Crippen LogP contribution in [0.3, 0.4) is 0 Å². The number of hydrogen-bond acceptors (Lipinski definition) is 3. The molecule has 1 saturated carbocycles. The van der Waals surface area contributed by atoms with Gasteiger partial charge in [-0.3, -0.25) is 4.79 Å². The zero-order valence-electron chi connectivity index (χ0n) is 11.8. The molecule has 0 spiro atoms. The van der Waals surface area contributed by atoms with E-state index in [0.717, 1.165) is 12.2 Å². The standard InChI is InChI=1S/C15H20N2O4/c18-13(19)11-15(7-4-8-15)17-14(20)16-9-10-21-12-5-2-1-3-6-12/h1-3,5-6H,4,7-11H2,(H,18,19)(H2,16,17,20). The van der Waals surface area contributed by atoms with Gasteiger partial charge in [0.15, 0.2) is 0 Å². The van der Waals surface area contributed by atoms with Crippen molar-refractivity contribution in [2.75, 3.05) is 13.2 Å². The number of urea groups is 1. The second kappa shape index (κ2) is 6.97. The van der Waals surface area contributed by atoms with Gasteiger partial charge in [-0.25, -0.2) is 4.79 Å². The fourth-order valence-corrected chi connectivity index (χ4v) is 2.37. The lowest BCUT2D eigenvalue weighted by atomic mass is 9.74. The smallest absolute Gasteiger partial charge is 0.315 e. The summed E-state index contributed by atoms with van der Waals surface area (Å²) in [5, 5.41) is 14.3. The van der Waals surface area contributed by atoms with E-state index in [-0.39, 0.29) is 12.5 Å². The Hall–Kier alpha value is -2.24. The zero-order chi connectivity index (χ0) is 15.1. The third-order valence-corrected chi connectivity index (χ3v) is 3.58. The highest BCUT2D eigenvalue weighted by molar-refractivity contribution is 5.77. The summed E-state index contributed by atoms with van der Waals surface area (Å²) in [6.07, 6.45) is 2.35. The fraction of sp³-hybridized carbons (Fsp3) is 0.467. The number of carbonyl (C=O) groups excluding carboxylic acids is 1. The molecule has 1 fully saturated rings. The molecule has 3 N–H and O–H groups in total. The lowest BCUT2D eigenvalue weighted by Crippen LogP contribution is -2.57. The summed E-state index contributed by atoms with van der Waals surface area (Å²) in [6.45, 7) is 0.729. The molecular formula is C15H20N2O4. The van der Waals surface area contributed by atoms with Gasteiger partial charge >= 0.3 is 12.0 Å². The lowest BCUT2D eigenvalue weighted by Gasteiger charge is -2.41. The highest BCUT2D eigenvalue weighted by Gasteiger charge is 2.40. The SMILES string of the molecule is O=C(O)CC1(NC(=O)NCCOc2ccccc2)CCC1. The molecule has 1 aromatic rings. The minimum Gasteiger partial charge on any atom is -0.492 e. The minimum absolute atomic E-state index is 0.0268. The summed E-state index contributed by atoms with van der Waals surface area (Å²) in [4.78, 5) is 22.6. The largest absolute Gasteiger partial charge is 0.492 e. The third kappa shape index (κ3) is 4.66. The summed E-state index contributed by atoms with van der Waals surface area (Å²) < 4.78 is 5.45. The van der Waals surface area contributed by atoms with Gasteiger partial charge in [-0.15, -0.1) is 0 Å². The summed E-state index contributed by atoms with van der Waals surface area (Å²) in [5.41, 5.74) is -0.573. The van der Waals surface area contributed by atoms with Crippen LogP contribution in [0.2, 0.25) is 0 Å². The molecule has 1 aromatic carbocycles. The number of rotatable bonds is 7. The second-order valence-electron chi connectivity index (χ2n) is 5.25. The van der Waals surface area contributed by atoms with Gasteiger partial charge in [0.25, 0.3) is 0 Å². The van der Waals surface area contributed by atoms with E-state index < -0.39 is 11.5 Å². The molecule has 2 amide bonds. The zero-order valence-corrected chi connectivity index (χ0v) is 11.8. The number of hydrogen-bond donors (Lipinski definition) is 3. The van der Waals surface area contributed by atoms with Crippen LogP contribution in [0.5, 0.6) is 5.75 Å². The highest BCUT2D eigenvalue weighted by atomic mass is 16.5. The molecule has 1 aliphatic carbocycles. The first-order valence-corrected chi connectivity index (χ1v) is 7.05. The number of carbonyl (C=O) groups is 2. The number of ether oxygens (including phenoxy) is 1. The van der Waals surface area contributed by atoms with E-state index >= 15 is 0 Å². The molecule has 0 saturated heterocycles. The molecule has 1 aliphatic rings. The summed E-state index contributed by atoms with van der Waals surface area (Å²) in [7, 11) is 0. The maximum absolute atomic E-state index is 11.8. The number of nitrogens with one attached hydrogen (secondary N) is 2. The predicted molar refractivity (Wildman–Crippen MR) is 77.3 cm³/mol. The molecule has 6 heteroatoms. The molecule has 0 aromatic heterocycles. The van der Waals surface area contributed by atoms with Crippen LogP contribution in [-0.4, -0.2) is 35.8 Å². The van der Waals surface area contributed by atoms with E-state index in [9.17, 15) is 9.59 Å². The Morgan fingerprint density at radius 1 is 1.24 bits per heavy atom. The first kappa shape index (κ1) is 15.2. The Labute approximate surface area is 123 Å². The van der Waals surface area contributed by atoms with Crippen LogP contribution < -0.4 is 15.4 Å². The normalized spacial score (nSPS) is 15.6. The molecular weight excluding hydrogens is 272 g/mol. The minimum atomic E-state index is -0.887. The van der Waals surface area contributed by atoms with Gasteiger partial charge in [-0.05, 0) is 31.4 Å². The van der Waals surface area contributed by atoms with Crippen molar-refractivity contribution in [3.63, 3.8) is 0 Å². The van der Waals surface area contributed by atoms with Gasteiger partial charge in [-0.1, -0.05) is 18.2 Å². The van der Waals surface area contributed by atoms with Gasteiger partial charge in [0, 0.05) is 0 Å². The Morgan fingerprint density at radius 2 is 1.95 bits per heavy atom. The van der Waals surface area contributed by atoms with E-state index in [1.165, 1.54) is 0 Å². The van der Waals surface area contributed by atoms with Crippen molar-refractivity contribution in [2.45, 2.75) is 31.2 Å². The van der Waals surface area contributed by atoms with Crippen LogP contribution in [0.15, 0.2) is 30.3 Å². The van der Waals surface area contributed by atoms with Crippen molar-refractivity contribution in [3.05, 3.63) is 30.3 Å². The quantitative estimate of drug-likeness (QED) is 0.668. The maximum Gasteiger partial charge on any atom is 0.315 e. The first-order chi connectivity index (χ1) is 10.1. The number of amides is 2. The van der Waals surface area contributed by atoms with Gasteiger partial charge in [0.2, 0.25) is 0 Å². The molecule has 0 unspecified atom stereocenters. The van der Waals surface area contributed by atoms with Crippen LogP contribution in [-0.2, 0) is 4.79 Å². The number of carboxylic acid groups (broad SMARTS) is 1. The Balaban J connectivity index is 1.66. The number of benzene rings is 1. The number of aliphatic carboxylic acids is 1. The lowest BCUT2D eigenvalue weighted by molar-refractivity contribution is -0.139. The van der Waals surface area contributed by atoms with E-state index in [0.29, 0.717) is 26.0 Å². The molecule has 0 radical (unpaired) electrons. The Kier molecular flexibility index (Phi) is 5.03. The fourth-order valence-electron chi connectivity index (χ4n) is 2.37. The third-order valence-electron chi connectivity index (χ3n) is 3.58. The Bertz CT molecular complexity index is 486. The van der Waals surface area contributed by atoms with Gasteiger partial charge in [0.05, 0.1) is 18.5 Å². The van der Waals surface area contributed by atoms with Gasteiger partial charge < -0.3 is 20.5 Å². The molecule has 21 heavy (non-hydrogen) atoms. The number of para-hydroxylation sites is 1. The van der Waals surface area contributed by atoms with E-state index in [1.54, 1.807) is 0 Å². The molecule has 6 nitrogen and oxygen atoms in total. The summed E-state index contributed by atoms with van der Waals surface area (Å²) in [6, 6.07) is 9.00. The van der Waals surface area contributed by atoms with Crippen LogP contribution in [0, 0.1) is 0 Å². The van der Waals surface area contributed by atoms with Gasteiger partial charge in [-0.2, -0.15) is 0 Å². The van der Waals surface area contributed by atoms with Crippen LogP contribution in [0.25, 0.3) is 0 Å². The molecule has 2 rings (SSSR count).